The van der Waals surface area contributed by atoms with Crippen molar-refractivity contribution in [1.82, 2.24) is 0 Å². The van der Waals surface area contributed by atoms with Crippen LogP contribution in [0.15, 0.2) is 46.9 Å². The molecule has 0 saturated heterocycles. The second-order valence-corrected chi connectivity index (χ2v) is 6.53. The van der Waals surface area contributed by atoms with E-state index in [0.29, 0.717) is 12.3 Å². The third-order valence-electron chi connectivity index (χ3n) is 3.73. The molecule has 0 aliphatic carbocycles. The van der Waals surface area contributed by atoms with Crippen molar-refractivity contribution in [3.63, 3.8) is 0 Å². The Labute approximate surface area is 148 Å². The number of hydrogen-bond donors (Lipinski definition) is 1. The largest absolute Gasteiger partial charge is 0.482 e. The molecule has 0 atom stereocenters. The standard InChI is InChI=1S/C18H17BrN2O3/c1-12-5-6-16-15(9-12)21(18(23)11-24-16)8-7-17(22)20-14-4-2-3-13(19)10-14/h2-6,9-10H,7-8,11H2,1H3,(H,20,22). The number of fused-ring (bicyclic) bond motifs is 1. The molecule has 0 unspecified atom stereocenters. The third kappa shape index (κ3) is 3.76. The van der Waals surface area contributed by atoms with Crippen LogP contribution in [0, 0.1) is 6.92 Å². The Morgan fingerprint density at radius 2 is 2.12 bits per heavy atom. The maximum atomic E-state index is 12.2. The predicted molar refractivity (Wildman–Crippen MR) is 96.4 cm³/mol. The van der Waals surface area contributed by atoms with Gasteiger partial charge < -0.3 is 15.0 Å². The number of ether oxygens (including phenoxy) is 1. The normalized spacial score (nSPS) is 13.2. The smallest absolute Gasteiger partial charge is 0.265 e. The number of carbonyl (C=O) groups excluding carboxylic acids is 2. The maximum Gasteiger partial charge on any atom is 0.265 e. The van der Waals surface area contributed by atoms with Crippen LogP contribution < -0.4 is 15.0 Å². The molecule has 0 aromatic heterocycles. The molecule has 124 valence electrons. The molecule has 1 aliphatic heterocycles. The van der Waals surface area contributed by atoms with E-state index in [1.54, 1.807) is 4.90 Å². The molecule has 1 heterocycles. The minimum Gasteiger partial charge on any atom is -0.482 e. The van der Waals surface area contributed by atoms with E-state index in [9.17, 15) is 9.59 Å². The minimum atomic E-state index is -0.137. The van der Waals surface area contributed by atoms with Crippen molar-refractivity contribution < 1.29 is 14.3 Å². The van der Waals surface area contributed by atoms with Gasteiger partial charge in [-0.15, -0.1) is 0 Å². The lowest BCUT2D eigenvalue weighted by Crippen LogP contribution is -2.40. The lowest BCUT2D eigenvalue weighted by molar-refractivity contribution is -0.121. The van der Waals surface area contributed by atoms with Crippen LogP contribution in [0.1, 0.15) is 12.0 Å². The molecule has 0 spiro atoms. The summed E-state index contributed by atoms with van der Waals surface area (Å²) in [5.74, 6) is 0.401. The monoisotopic (exact) mass is 388 g/mol. The first kappa shape index (κ1) is 16.5. The Morgan fingerprint density at radius 3 is 2.92 bits per heavy atom. The molecular formula is C18H17BrN2O3. The summed E-state index contributed by atoms with van der Waals surface area (Å²) in [6.45, 7) is 2.28. The zero-order chi connectivity index (χ0) is 17.1. The van der Waals surface area contributed by atoms with Gasteiger partial charge in [0.25, 0.3) is 5.91 Å². The molecule has 2 amide bonds. The van der Waals surface area contributed by atoms with Crippen LogP contribution in [-0.4, -0.2) is 25.0 Å². The highest BCUT2D eigenvalue weighted by molar-refractivity contribution is 9.10. The first-order valence-corrected chi connectivity index (χ1v) is 8.41. The Bertz CT molecular complexity index is 792. The molecule has 2 aromatic carbocycles. The second kappa shape index (κ2) is 7.05. The summed E-state index contributed by atoms with van der Waals surface area (Å²) < 4.78 is 6.34. The van der Waals surface area contributed by atoms with E-state index in [4.69, 9.17) is 4.74 Å². The third-order valence-corrected chi connectivity index (χ3v) is 4.22. The van der Waals surface area contributed by atoms with E-state index >= 15 is 0 Å². The van der Waals surface area contributed by atoms with Gasteiger partial charge in [0, 0.05) is 23.1 Å². The van der Waals surface area contributed by atoms with Crippen LogP contribution in [-0.2, 0) is 9.59 Å². The molecule has 5 nitrogen and oxygen atoms in total. The van der Waals surface area contributed by atoms with Crippen LogP contribution in [0.2, 0.25) is 0 Å². The zero-order valence-electron chi connectivity index (χ0n) is 13.2. The Kier molecular flexibility index (Phi) is 4.85. The zero-order valence-corrected chi connectivity index (χ0v) is 14.8. The highest BCUT2D eigenvalue weighted by atomic mass is 79.9. The van der Waals surface area contributed by atoms with Gasteiger partial charge in [0.15, 0.2) is 6.61 Å². The van der Waals surface area contributed by atoms with Gasteiger partial charge in [0.05, 0.1) is 5.69 Å². The van der Waals surface area contributed by atoms with Gasteiger partial charge in [-0.3, -0.25) is 9.59 Å². The quantitative estimate of drug-likeness (QED) is 0.871. The van der Waals surface area contributed by atoms with Gasteiger partial charge in [0.2, 0.25) is 5.91 Å². The van der Waals surface area contributed by atoms with Crippen molar-refractivity contribution in [1.29, 1.82) is 0 Å². The summed E-state index contributed by atoms with van der Waals surface area (Å²) in [5.41, 5.74) is 2.48. The molecule has 1 aliphatic rings. The summed E-state index contributed by atoms with van der Waals surface area (Å²) in [7, 11) is 0. The summed E-state index contributed by atoms with van der Waals surface area (Å²) in [5, 5.41) is 2.83. The molecule has 0 bridgehead atoms. The van der Waals surface area contributed by atoms with E-state index in [2.05, 4.69) is 21.2 Å². The summed E-state index contributed by atoms with van der Waals surface area (Å²) in [6, 6.07) is 13.1. The van der Waals surface area contributed by atoms with E-state index in [-0.39, 0.29) is 24.8 Å². The first-order valence-electron chi connectivity index (χ1n) is 7.62. The molecule has 0 radical (unpaired) electrons. The van der Waals surface area contributed by atoms with Crippen molar-refractivity contribution in [2.24, 2.45) is 0 Å². The van der Waals surface area contributed by atoms with Crippen LogP contribution in [0.4, 0.5) is 11.4 Å². The molecule has 24 heavy (non-hydrogen) atoms. The Hall–Kier alpha value is -2.34. The van der Waals surface area contributed by atoms with E-state index < -0.39 is 0 Å². The average Bonchev–Trinajstić information content (AvgIpc) is 2.54. The number of amides is 2. The SMILES string of the molecule is Cc1ccc2c(c1)N(CCC(=O)Nc1cccc(Br)c1)C(=O)CO2. The maximum absolute atomic E-state index is 12.2. The average molecular weight is 389 g/mol. The lowest BCUT2D eigenvalue weighted by atomic mass is 10.1. The Balaban J connectivity index is 1.67. The number of hydrogen-bond acceptors (Lipinski definition) is 3. The summed E-state index contributed by atoms with van der Waals surface area (Å²) >= 11 is 3.37. The van der Waals surface area contributed by atoms with Crippen molar-refractivity contribution in [3.8, 4) is 5.75 Å². The lowest BCUT2D eigenvalue weighted by Gasteiger charge is -2.29. The number of nitrogens with zero attached hydrogens (tertiary/aromatic N) is 1. The fourth-order valence-corrected chi connectivity index (χ4v) is 2.96. The number of halogens is 1. The number of aryl methyl sites for hydroxylation is 1. The van der Waals surface area contributed by atoms with E-state index in [1.807, 2.05) is 49.4 Å². The van der Waals surface area contributed by atoms with Crippen LogP contribution in [0.5, 0.6) is 5.75 Å². The minimum absolute atomic E-state index is 0.00329. The number of anilines is 2. The number of rotatable bonds is 4. The number of nitrogens with one attached hydrogen (secondary N) is 1. The van der Waals surface area contributed by atoms with Crippen LogP contribution in [0.25, 0.3) is 0 Å². The van der Waals surface area contributed by atoms with Gasteiger partial charge >= 0.3 is 0 Å². The summed E-state index contributed by atoms with van der Waals surface area (Å²) in [4.78, 5) is 25.9. The number of carbonyl (C=O) groups is 2. The molecule has 0 fully saturated rings. The number of benzene rings is 2. The van der Waals surface area contributed by atoms with Gasteiger partial charge in [-0.1, -0.05) is 28.1 Å². The van der Waals surface area contributed by atoms with Crippen molar-refractivity contribution >= 4 is 39.1 Å². The molecular weight excluding hydrogens is 372 g/mol. The predicted octanol–water partition coefficient (Wildman–Crippen LogP) is 3.51. The van der Waals surface area contributed by atoms with Crippen molar-refractivity contribution in [2.75, 3.05) is 23.4 Å². The van der Waals surface area contributed by atoms with Gasteiger partial charge in [-0.25, -0.2) is 0 Å². The Morgan fingerprint density at radius 1 is 1.29 bits per heavy atom. The molecule has 3 rings (SSSR count). The summed E-state index contributed by atoms with van der Waals surface area (Å²) in [6.07, 6.45) is 0.214. The molecule has 6 heteroatoms. The van der Waals surface area contributed by atoms with Gasteiger partial charge in [-0.05, 0) is 42.8 Å². The van der Waals surface area contributed by atoms with E-state index in [1.165, 1.54) is 0 Å². The van der Waals surface area contributed by atoms with Gasteiger partial charge in [0.1, 0.15) is 5.75 Å². The first-order chi connectivity index (χ1) is 11.5. The molecule has 2 aromatic rings. The molecule has 0 saturated carbocycles. The fraction of sp³-hybridized carbons (Fsp3) is 0.222. The molecule has 1 N–H and O–H groups in total. The fourth-order valence-electron chi connectivity index (χ4n) is 2.56. The van der Waals surface area contributed by atoms with Crippen molar-refractivity contribution in [2.45, 2.75) is 13.3 Å². The van der Waals surface area contributed by atoms with Crippen molar-refractivity contribution in [3.05, 3.63) is 52.5 Å². The second-order valence-electron chi connectivity index (χ2n) is 5.61. The van der Waals surface area contributed by atoms with Gasteiger partial charge in [-0.2, -0.15) is 0 Å². The van der Waals surface area contributed by atoms with Crippen LogP contribution >= 0.6 is 15.9 Å². The highest BCUT2D eigenvalue weighted by Gasteiger charge is 2.25. The van der Waals surface area contributed by atoms with E-state index in [0.717, 1.165) is 21.4 Å². The highest BCUT2D eigenvalue weighted by Crippen LogP contribution is 2.32. The van der Waals surface area contributed by atoms with Crippen LogP contribution in [0.3, 0.4) is 0 Å². The topological polar surface area (TPSA) is 58.6 Å².